The van der Waals surface area contributed by atoms with Gasteiger partial charge in [-0.05, 0) is 36.6 Å². The molecule has 0 heterocycles. The lowest BCUT2D eigenvalue weighted by molar-refractivity contribution is 0.608. The SMILES string of the molecule is C=C(CC)C(CC(C)=N)(c1ccccc1)c1cccc(NC)c1. The molecule has 0 amide bonds. The van der Waals surface area contributed by atoms with Crippen molar-refractivity contribution in [3.63, 3.8) is 0 Å². The van der Waals surface area contributed by atoms with Crippen LogP contribution in [0.15, 0.2) is 66.7 Å². The van der Waals surface area contributed by atoms with Crippen molar-refractivity contribution in [2.45, 2.75) is 32.1 Å². The van der Waals surface area contributed by atoms with Crippen LogP contribution in [0.3, 0.4) is 0 Å². The molecule has 2 nitrogen and oxygen atoms in total. The van der Waals surface area contributed by atoms with E-state index in [1.807, 2.05) is 20.0 Å². The van der Waals surface area contributed by atoms with Gasteiger partial charge in [0, 0.05) is 30.3 Å². The molecule has 2 aromatic rings. The molecule has 0 bridgehead atoms. The number of benzene rings is 2. The maximum absolute atomic E-state index is 8.16. The summed E-state index contributed by atoms with van der Waals surface area (Å²) in [5.41, 5.74) is 4.92. The lowest BCUT2D eigenvalue weighted by Crippen LogP contribution is -2.32. The fourth-order valence-electron chi connectivity index (χ4n) is 3.27. The zero-order valence-corrected chi connectivity index (χ0v) is 14.3. The van der Waals surface area contributed by atoms with Gasteiger partial charge in [-0.25, -0.2) is 0 Å². The first-order valence-corrected chi connectivity index (χ1v) is 8.10. The van der Waals surface area contributed by atoms with Crippen molar-refractivity contribution in [2.75, 3.05) is 12.4 Å². The van der Waals surface area contributed by atoms with Crippen molar-refractivity contribution in [2.24, 2.45) is 0 Å². The summed E-state index contributed by atoms with van der Waals surface area (Å²) in [7, 11) is 1.93. The van der Waals surface area contributed by atoms with Gasteiger partial charge in [0.15, 0.2) is 0 Å². The van der Waals surface area contributed by atoms with E-state index in [4.69, 9.17) is 5.41 Å². The highest BCUT2D eigenvalue weighted by Crippen LogP contribution is 2.43. The molecule has 0 saturated heterocycles. The summed E-state index contributed by atoms with van der Waals surface area (Å²) in [4.78, 5) is 0. The van der Waals surface area contributed by atoms with Gasteiger partial charge < -0.3 is 10.7 Å². The minimum absolute atomic E-state index is 0.352. The first-order chi connectivity index (χ1) is 11.0. The van der Waals surface area contributed by atoms with E-state index >= 15 is 0 Å². The summed E-state index contributed by atoms with van der Waals surface area (Å²) in [6, 6.07) is 18.9. The number of allylic oxidation sites excluding steroid dienone is 1. The average Bonchev–Trinajstić information content (AvgIpc) is 2.59. The van der Waals surface area contributed by atoms with Crippen molar-refractivity contribution in [1.29, 1.82) is 5.41 Å². The lowest BCUT2D eigenvalue weighted by atomic mass is 9.66. The van der Waals surface area contributed by atoms with Crippen LogP contribution in [-0.2, 0) is 5.41 Å². The van der Waals surface area contributed by atoms with Crippen molar-refractivity contribution in [3.05, 3.63) is 77.9 Å². The summed E-state index contributed by atoms with van der Waals surface area (Å²) >= 11 is 0. The molecule has 0 saturated carbocycles. The van der Waals surface area contributed by atoms with Gasteiger partial charge in [-0.3, -0.25) is 0 Å². The Hall–Kier alpha value is -2.35. The first-order valence-electron chi connectivity index (χ1n) is 8.10. The van der Waals surface area contributed by atoms with Gasteiger partial charge in [-0.15, -0.1) is 0 Å². The van der Waals surface area contributed by atoms with Crippen LogP contribution in [0.1, 0.15) is 37.8 Å². The minimum Gasteiger partial charge on any atom is -0.388 e. The standard InChI is InChI=1S/C21H26N2/c1-5-16(2)21(15-17(3)22,18-10-7-6-8-11-18)19-12-9-13-20(14-19)23-4/h6-14,22-23H,2,5,15H2,1,3-4H3. The van der Waals surface area contributed by atoms with Gasteiger partial charge in [0.05, 0.1) is 0 Å². The van der Waals surface area contributed by atoms with Crippen LogP contribution < -0.4 is 5.32 Å². The zero-order valence-electron chi connectivity index (χ0n) is 14.3. The fourth-order valence-corrected chi connectivity index (χ4v) is 3.27. The molecule has 1 atom stereocenters. The Labute approximate surface area is 139 Å². The largest absolute Gasteiger partial charge is 0.388 e. The summed E-state index contributed by atoms with van der Waals surface area (Å²) in [6.45, 7) is 8.41. The minimum atomic E-state index is -0.352. The predicted octanol–water partition coefficient (Wildman–Crippen LogP) is 5.41. The van der Waals surface area contributed by atoms with Crippen LogP contribution in [-0.4, -0.2) is 12.8 Å². The van der Waals surface area contributed by atoms with E-state index in [1.54, 1.807) is 0 Å². The molecule has 0 aliphatic rings. The lowest BCUT2D eigenvalue weighted by Gasteiger charge is -2.37. The number of rotatable bonds is 7. The van der Waals surface area contributed by atoms with Crippen molar-refractivity contribution < 1.29 is 0 Å². The Balaban J connectivity index is 2.75. The highest BCUT2D eigenvalue weighted by atomic mass is 14.8. The number of anilines is 1. The summed E-state index contributed by atoms with van der Waals surface area (Å²) in [5, 5.41) is 11.4. The molecule has 0 aliphatic carbocycles. The second-order valence-corrected chi connectivity index (χ2v) is 6.02. The van der Waals surface area contributed by atoms with E-state index in [9.17, 15) is 0 Å². The second-order valence-electron chi connectivity index (χ2n) is 6.02. The summed E-state index contributed by atoms with van der Waals surface area (Å²) < 4.78 is 0. The van der Waals surface area contributed by atoms with Crippen LogP contribution in [0.2, 0.25) is 0 Å². The van der Waals surface area contributed by atoms with Crippen molar-refractivity contribution >= 4 is 11.4 Å². The normalized spacial score (nSPS) is 13.2. The monoisotopic (exact) mass is 306 g/mol. The number of nitrogens with one attached hydrogen (secondary N) is 2. The third-order valence-corrected chi connectivity index (χ3v) is 4.47. The molecule has 2 rings (SSSR count). The van der Waals surface area contributed by atoms with Crippen LogP contribution >= 0.6 is 0 Å². The molecule has 23 heavy (non-hydrogen) atoms. The third kappa shape index (κ3) is 3.37. The van der Waals surface area contributed by atoms with Gasteiger partial charge in [-0.2, -0.15) is 0 Å². The molecule has 0 aromatic heterocycles. The second kappa shape index (κ2) is 7.28. The van der Waals surface area contributed by atoms with Crippen molar-refractivity contribution in [3.8, 4) is 0 Å². The Bertz CT molecular complexity index is 688. The van der Waals surface area contributed by atoms with E-state index in [-0.39, 0.29) is 5.41 Å². The Kier molecular flexibility index (Phi) is 5.38. The fraction of sp³-hybridized carbons (Fsp3) is 0.286. The predicted molar refractivity (Wildman–Crippen MR) is 101 cm³/mol. The topological polar surface area (TPSA) is 35.9 Å². The van der Waals surface area contributed by atoms with Crippen LogP contribution in [0.5, 0.6) is 0 Å². The Morgan fingerprint density at radius 3 is 2.30 bits per heavy atom. The van der Waals surface area contributed by atoms with Gasteiger partial charge in [-0.1, -0.05) is 61.5 Å². The van der Waals surface area contributed by atoms with Crippen LogP contribution in [0.25, 0.3) is 0 Å². The Morgan fingerprint density at radius 2 is 1.74 bits per heavy atom. The maximum atomic E-state index is 8.16. The molecule has 0 aliphatic heterocycles. The van der Waals surface area contributed by atoms with E-state index in [0.29, 0.717) is 12.1 Å². The van der Waals surface area contributed by atoms with E-state index < -0.39 is 0 Å². The quantitative estimate of drug-likeness (QED) is 0.520. The summed E-state index contributed by atoms with van der Waals surface area (Å²) in [5.74, 6) is 0. The highest BCUT2D eigenvalue weighted by Gasteiger charge is 2.36. The molecule has 2 heteroatoms. The smallest absolute Gasteiger partial charge is 0.0460 e. The molecule has 2 N–H and O–H groups in total. The number of hydrogen-bond donors (Lipinski definition) is 2. The average molecular weight is 306 g/mol. The highest BCUT2D eigenvalue weighted by molar-refractivity contribution is 5.82. The van der Waals surface area contributed by atoms with Gasteiger partial charge in [0.25, 0.3) is 0 Å². The van der Waals surface area contributed by atoms with Gasteiger partial charge >= 0.3 is 0 Å². The van der Waals surface area contributed by atoms with E-state index in [1.165, 1.54) is 11.1 Å². The third-order valence-electron chi connectivity index (χ3n) is 4.47. The molecule has 1 unspecified atom stereocenters. The first kappa shape index (κ1) is 17.0. The van der Waals surface area contributed by atoms with E-state index in [0.717, 1.165) is 17.7 Å². The van der Waals surface area contributed by atoms with Crippen LogP contribution in [0.4, 0.5) is 5.69 Å². The molecule has 0 fully saturated rings. The maximum Gasteiger partial charge on any atom is 0.0460 e. The Morgan fingerprint density at radius 1 is 1.09 bits per heavy atom. The van der Waals surface area contributed by atoms with Gasteiger partial charge in [0.1, 0.15) is 0 Å². The van der Waals surface area contributed by atoms with Crippen LogP contribution in [0, 0.1) is 5.41 Å². The zero-order chi connectivity index (χ0) is 16.9. The number of hydrogen-bond acceptors (Lipinski definition) is 2. The molecule has 0 radical (unpaired) electrons. The van der Waals surface area contributed by atoms with Crippen molar-refractivity contribution in [1.82, 2.24) is 0 Å². The van der Waals surface area contributed by atoms with E-state index in [2.05, 4.69) is 67.4 Å². The summed E-state index contributed by atoms with van der Waals surface area (Å²) in [6.07, 6.45) is 1.53. The molecular weight excluding hydrogens is 280 g/mol. The van der Waals surface area contributed by atoms with Gasteiger partial charge in [0.2, 0.25) is 0 Å². The molecule has 120 valence electrons. The molecular formula is C21H26N2. The molecule has 2 aromatic carbocycles. The molecule has 0 spiro atoms.